The van der Waals surface area contributed by atoms with Crippen molar-refractivity contribution in [3.05, 3.63) is 59.7 Å². The van der Waals surface area contributed by atoms with Crippen LogP contribution in [-0.2, 0) is 14.3 Å². The monoisotopic (exact) mass is 426 g/mol. The van der Waals surface area contributed by atoms with Crippen molar-refractivity contribution in [1.82, 2.24) is 5.32 Å². The second-order valence-corrected chi connectivity index (χ2v) is 7.19. The fourth-order valence-electron chi connectivity index (χ4n) is 2.68. The average molecular weight is 426 g/mol. The SMILES string of the molecule is COc1ccccc1C(=O)NCC(=O)OCC(=O)c1ccc(NC(=O)CC(C)C)cc1. The van der Waals surface area contributed by atoms with Crippen LogP contribution in [0.5, 0.6) is 5.75 Å². The number of nitrogens with one attached hydrogen (secondary N) is 2. The summed E-state index contributed by atoms with van der Waals surface area (Å²) in [5, 5.41) is 5.18. The van der Waals surface area contributed by atoms with Crippen LogP contribution >= 0.6 is 0 Å². The molecule has 0 fully saturated rings. The molecule has 0 radical (unpaired) electrons. The number of hydrogen-bond acceptors (Lipinski definition) is 6. The number of ketones is 1. The average Bonchev–Trinajstić information content (AvgIpc) is 2.75. The van der Waals surface area contributed by atoms with E-state index in [-0.39, 0.29) is 23.9 Å². The molecular weight excluding hydrogens is 400 g/mol. The number of benzene rings is 2. The van der Waals surface area contributed by atoms with Crippen LogP contribution in [0.15, 0.2) is 48.5 Å². The van der Waals surface area contributed by atoms with Crippen LogP contribution in [0.4, 0.5) is 5.69 Å². The summed E-state index contributed by atoms with van der Waals surface area (Å²) in [5.74, 6) is -1.10. The lowest BCUT2D eigenvalue weighted by molar-refractivity contribution is -0.141. The van der Waals surface area contributed by atoms with Crippen LogP contribution in [-0.4, -0.2) is 43.8 Å². The molecule has 164 valence electrons. The van der Waals surface area contributed by atoms with Gasteiger partial charge in [-0.1, -0.05) is 26.0 Å². The number of Topliss-reactive ketones (excluding diaryl/α,β-unsaturated/α-hetero) is 1. The number of ether oxygens (including phenoxy) is 2. The van der Waals surface area contributed by atoms with Gasteiger partial charge in [-0.25, -0.2) is 0 Å². The van der Waals surface area contributed by atoms with E-state index in [1.54, 1.807) is 48.5 Å². The van der Waals surface area contributed by atoms with Gasteiger partial charge >= 0.3 is 5.97 Å². The number of carbonyl (C=O) groups excluding carboxylic acids is 4. The Hall–Kier alpha value is -3.68. The van der Waals surface area contributed by atoms with E-state index in [0.717, 1.165) is 0 Å². The molecule has 0 aliphatic heterocycles. The normalized spacial score (nSPS) is 10.3. The minimum absolute atomic E-state index is 0.0989. The summed E-state index contributed by atoms with van der Waals surface area (Å²) in [6.07, 6.45) is 0.407. The Morgan fingerprint density at radius 2 is 1.65 bits per heavy atom. The van der Waals surface area contributed by atoms with E-state index in [1.807, 2.05) is 13.8 Å². The third-order valence-corrected chi connectivity index (χ3v) is 4.19. The molecule has 2 amide bonds. The largest absolute Gasteiger partial charge is 0.496 e. The Morgan fingerprint density at radius 1 is 0.968 bits per heavy atom. The van der Waals surface area contributed by atoms with Gasteiger partial charge in [-0.2, -0.15) is 0 Å². The van der Waals surface area contributed by atoms with E-state index in [1.165, 1.54) is 7.11 Å². The van der Waals surface area contributed by atoms with Gasteiger partial charge in [0.2, 0.25) is 5.91 Å². The highest BCUT2D eigenvalue weighted by Crippen LogP contribution is 2.16. The van der Waals surface area contributed by atoms with Crippen molar-refractivity contribution in [3.8, 4) is 5.75 Å². The molecule has 2 rings (SSSR count). The van der Waals surface area contributed by atoms with E-state index in [0.29, 0.717) is 23.4 Å². The summed E-state index contributed by atoms with van der Waals surface area (Å²) < 4.78 is 10.0. The number of hydrogen-bond donors (Lipinski definition) is 2. The number of esters is 1. The second kappa shape index (κ2) is 11.5. The molecule has 2 aromatic carbocycles. The van der Waals surface area contributed by atoms with Gasteiger partial charge in [-0.3, -0.25) is 19.2 Å². The maximum absolute atomic E-state index is 12.2. The molecule has 0 heterocycles. The molecule has 31 heavy (non-hydrogen) atoms. The quantitative estimate of drug-likeness (QED) is 0.446. The second-order valence-electron chi connectivity index (χ2n) is 7.19. The van der Waals surface area contributed by atoms with Crippen LogP contribution in [0.2, 0.25) is 0 Å². The molecule has 0 atom stereocenters. The highest BCUT2D eigenvalue weighted by atomic mass is 16.5. The Labute approximate surface area is 180 Å². The number of rotatable bonds is 10. The van der Waals surface area contributed by atoms with Gasteiger partial charge in [0.1, 0.15) is 12.3 Å². The molecule has 0 saturated heterocycles. The maximum Gasteiger partial charge on any atom is 0.325 e. The molecule has 2 N–H and O–H groups in total. The first kappa shape index (κ1) is 23.6. The first-order valence-electron chi connectivity index (χ1n) is 9.80. The molecule has 8 heteroatoms. The molecule has 0 spiro atoms. The lowest BCUT2D eigenvalue weighted by Gasteiger charge is -2.09. The van der Waals surface area contributed by atoms with Crippen molar-refractivity contribution >= 4 is 29.3 Å². The van der Waals surface area contributed by atoms with E-state index in [9.17, 15) is 19.2 Å². The molecule has 0 aliphatic rings. The maximum atomic E-state index is 12.2. The van der Waals surface area contributed by atoms with Crippen molar-refractivity contribution in [1.29, 1.82) is 0 Å². The number of para-hydroxylation sites is 1. The number of anilines is 1. The summed E-state index contributed by atoms with van der Waals surface area (Å²) in [6, 6.07) is 12.9. The van der Waals surface area contributed by atoms with Gasteiger partial charge in [0.25, 0.3) is 5.91 Å². The molecule has 0 aliphatic carbocycles. The van der Waals surface area contributed by atoms with Crippen molar-refractivity contribution in [2.24, 2.45) is 5.92 Å². The molecule has 0 saturated carbocycles. The van der Waals surface area contributed by atoms with Gasteiger partial charge < -0.3 is 20.1 Å². The first-order valence-corrected chi connectivity index (χ1v) is 9.80. The van der Waals surface area contributed by atoms with Crippen LogP contribution in [0.3, 0.4) is 0 Å². The fourth-order valence-corrected chi connectivity index (χ4v) is 2.68. The zero-order valence-corrected chi connectivity index (χ0v) is 17.8. The van der Waals surface area contributed by atoms with Crippen LogP contribution in [0.1, 0.15) is 41.0 Å². The van der Waals surface area contributed by atoms with Crippen LogP contribution in [0.25, 0.3) is 0 Å². The number of amides is 2. The van der Waals surface area contributed by atoms with Gasteiger partial charge in [0, 0.05) is 17.7 Å². The highest BCUT2D eigenvalue weighted by molar-refractivity contribution is 6.00. The van der Waals surface area contributed by atoms with Crippen molar-refractivity contribution in [3.63, 3.8) is 0 Å². The number of carbonyl (C=O) groups is 4. The van der Waals surface area contributed by atoms with Crippen molar-refractivity contribution in [2.45, 2.75) is 20.3 Å². The highest BCUT2D eigenvalue weighted by Gasteiger charge is 2.15. The van der Waals surface area contributed by atoms with E-state index in [4.69, 9.17) is 9.47 Å². The topological polar surface area (TPSA) is 111 Å². The van der Waals surface area contributed by atoms with Crippen LogP contribution < -0.4 is 15.4 Å². The minimum atomic E-state index is -0.742. The summed E-state index contributed by atoms with van der Waals surface area (Å²) in [4.78, 5) is 48.0. The van der Waals surface area contributed by atoms with Gasteiger partial charge in [-0.15, -0.1) is 0 Å². The zero-order valence-electron chi connectivity index (χ0n) is 17.8. The Kier molecular flexibility index (Phi) is 8.75. The smallest absolute Gasteiger partial charge is 0.325 e. The molecular formula is C23H26N2O6. The van der Waals surface area contributed by atoms with Crippen LogP contribution in [0, 0.1) is 5.92 Å². The standard InChI is InChI=1S/C23H26N2O6/c1-15(2)12-21(27)25-17-10-8-16(9-11-17)19(26)14-31-22(28)13-24-23(29)18-6-4-5-7-20(18)30-3/h4-11,15H,12-14H2,1-3H3,(H,24,29)(H,25,27). The predicted octanol–water partition coefficient (Wildman–Crippen LogP) is 2.84. The summed E-state index contributed by atoms with van der Waals surface area (Å²) in [7, 11) is 1.44. The number of methoxy groups -OCH3 is 1. The Bertz CT molecular complexity index is 937. The Balaban J connectivity index is 1.79. The molecule has 0 bridgehead atoms. The van der Waals surface area contributed by atoms with Gasteiger partial charge in [-0.05, 0) is 42.3 Å². The first-order chi connectivity index (χ1) is 14.8. The van der Waals surface area contributed by atoms with Crippen molar-refractivity contribution in [2.75, 3.05) is 25.6 Å². The lowest BCUT2D eigenvalue weighted by Crippen LogP contribution is -2.31. The van der Waals surface area contributed by atoms with Gasteiger partial charge in [0.15, 0.2) is 12.4 Å². The van der Waals surface area contributed by atoms with E-state index < -0.39 is 24.3 Å². The minimum Gasteiger partial charge on any atom is -0.496 e. The van der Waals surface area contributed by atoms with E-state index in [2.05, 4.69) is 10.6 Å². The summed E-state index contributed by atoms with van der Waals surface area (Å²) in [6.45, 7) is 3.06. The summed E-state index contributed by atoms with van der Waals surface area (Å²) >= 11 is 0. The van der Waals surface area contributed by atoms with Crippen molar-refractivity contribution < 1.29 is 28.7 Å². The third kappa shape index (κ3) is 7.58. The lowest BCUT2D eigenvalue weighted by atomic mass is 10.1. The molecule has 0 aromatic heterocycles. The molecule has 8 nitrogen and oxygen atoms in total. The summed E-state index contributed by atoms with van der Waals surface area (Å²) in [5.41, 5.74) is 1.21. The Morgan fingerprint density at radius 3 is 2.29 bits per heavy atom. The third-order valence-electron chi connectivity index (χ3n) is 4.19. The van der Waals surface area contributed by atoms with Gasteiger partial charge in [0.05, 0.1) is 12.7 Å². The molecule has 0 unspecified atom stereocenters. The predicted molar refractivity (Wildman–Crippen MR) is 115 cm³/mol. The fraction of sp³-hybridized carbons (Fsp3) is 0.304. The molecule has 2 aromatic rings. The van der Waals surface area contributed by atoms with E-state index >= 15 is 0 Å². The zero-order chi connectivity index (χ0) is 22.8.